The third-order valence-corrected chi connectivity index (χ3v) is 1.33. The second kappa shape index (κ2) is 12.6. The van der Waals surface area contributed by atoms with Crippen molar-refractivity contribution >= 4 is 35.5 Å². The molecule has 0 atom stereocenters. The summed E-state index contributed by atoms with van der Waals surface area (Å²) in [6, 6.07) is 0. The normalized spacial score (nSPS) is 16.8. The SMILES string of the molecule is C1=CCC/C=C\CC1.O=C(Br)Br.[Co]. The first-order valence-corrected chi connectivity index (χ1v) is 5.47. The summed E-state index contributed by atoms with van der Waals surface area (Å²) < 4.78 is -0.208. The topological polar surface area (TPSA) is 17.1 Å². The van der Waals surface area contributed by atoms with Crippen LogP contribution in [0.1, 0.15) is 25.7 Å². The van der Waals surface area contributed by atoms with Crippen LogP contribution in [-0.2, 0) is 16.8 Å². The van der Waals surface area contributed by atoms with Crippen molar-refractivity contribution in [1.82, 2.24) is 0 Å². The maximum atomic E-state index is 9.28. The van der Waals surface area contributed by atoms with E-state index in [1.54, 1.807) is 0 Å². The Morgan fingerprint density at radius 2 is 1.00 bits per heavy atom. The third-order valence-electron chi connectivity index (χ3n) is 1.33. The van der Waals surface area contributed by atoms with Gasteiger partial charge in [-0.2, -0.15) is 0 Å². The molecule has 0 aliphatic heterocycles. The number of carbonyl (C=O) groups is 1. The molecule has 0 fully saturated rings. The van der Waals surface area contributed by atoms with Gasteiger partial charge >= 0.3 is 0 Å². The minimum Gasteiger partial charge on any atom is -0.273 e. The molecule has 1 radical (unpaired) electrons. The number of halogens is 2. The molecule has 0 spiro atoms. The van der Waals surface area contributed by atoms with Crippen LogP contribution in [-0.4, -0.2) is 3.60 Å². The van der Waals surface area contributed by atoms with E-state index in [2.05, 4.69) is 56.2 Å². The van der Waals surface area contributed by atoms with Gasteiger partial charge in [-0.15, -0.1) is 0 Å². The van der Waals surface area contributed by atoms with Gasteiger partial charge in [0.2, 0.25) is 0 Å². The van der Waals surface area contributed by atoms with Gasteiger partial charge in [-0.05, 0) is 25.7 Å². The Morgan fingerprint density at radius 1 is 0.846 bits per heavy atom. The smallest absolute Gasteiger partial charge is 0.262 e. The Hall–Kier alpha value is 0.616. The van der Waals surface area contributed by atoms with Crippen molar-refractivity contribution < 1.29 is 21.6 Å². The predicted octanol–water partition coefficient (Wildman–Crippen LogP) is 4.57. The van der Waals surface area contributed by atoms with Crippen molar-refractivity contribution in [1.29, 1.82) is 0 Å². The number of rotatable bonds is 0. The monoisotopic (exact) mass is 353 g/mol. The van der Waals surface area contributed by atoms with Crippen LogP contribution in [0.15, 0.2) is 24.3 Å². The molecule has 0 unspecified atom stereocenters. The molecule has 13 heavy (non-hydrogen) atoms. The number of hydrogen-bond donors (Lipinski definition) is 0. The molecule has 0 aromatic carbocycles. The summed E-state index contributed by atoms with van der Waals surface area (Å²) >= 11 is 5.10. The Balaban J connectivity index is 0. The molecule has 0 heterocycles. The van der Waals surface area contributed by atoms with Gasteiger partial charge in [0.1, 0.15) is 0 Å². The fraction of sp³-hybridized carbons (Fsp3) is 0.444. The maximum Gasteiger partial charge on any atom is 0.262 e. The zero-order chi connectivity index (χ0) is 9.23. The molecule has 4 heteroatoms. The van der Waals surface area contributed by atoms with Gasteiger partial charge in [-0.1, -0.05) is 24.3 Å². The molecule has 0 saturated heterocycles. The summed E-state index contributed by atoms with van der Waals surface area (Å²) in [5.41, 5.74) is 0. The van der Waals surface area contributed by atoms with E-state index in [4.69, 9.17) is 0 Å². The molecule has 1 nitrogen and oxygen atoms in total. The van der Waals surface area contributed by atoms with E-state index < -0.39 is 0 Å². The largest absolute Gasteiger partial charge is 0.273 e. The first-order valence-electron chi connectivity index (χ1n) is 3.88. The maximum absolute atomic E-state index is 9.28. The molecule has 1 aliphatic rings. The molecule has 77 valence electrons. The number of carbonyl (C=O) groups excluding carboxylic acids is 1. The van der Waals surface area contributed by atoms with E-state index >= 15 is 0 Å². The summed E-state index contributed by atoms with van der Waals surface area (Å²) in [5.74, 6) is 0. The first kappa shape index (κ1) is 16.1. The molecule has 0 N–H and O–H groups in total. The van der Waals surface area contributed by atoms with Crippen LogP contribution < -0.4 is 0 Å². The molecule has 0 saturated carbocycles. The predicted molar refractivity (Wildman–Crippen MR) is 60.0 cm³/mol. The van der Waals surface area contributed by atoms with Crippen molar-refractivity contribution in [3.63, 3.8) is 0 Å². The van der Waals surface area contributed by atoms with E-state index in [9.17, 15) is 4.79 Å². The Labute approximate surface area is 106 Å². The first-order chi connectivity index (χ1) is 5.73. The van der Waals surface area contributed by atoms with E-state index in [-0.39, 0.29) is 20.4 Å². The second-order valence-corrected chi connectivity index (χ2v) is 4.83. The van der Waals surface area contributed by atoms with Crippen LogP contribution in [0.5, 0.6) is 0 Å². The van der Waals surface area contributed by atoms with E-state index in [0.717, 1.165) is 0 Å². The van der Waals surface area contributed by atoms with Crippen molar-refractivity contribution in [3.8, 4) is 0 Å². The molecule has 1 rings (SSSR count). The van der Waals surface area contributed by atoms with Crippen LogP contribution in [0.2, 0.25) is 0 Å². The van der Waals surface area contributed by atoms with E-state index in [1.807, 2.05) is 0 Å². The summed E-state index contributed by atoms with van der Waals surface area (Å²) in [6.07, 6.45) is 14.0. The Bertz CT molecular complexity index is 148. The number of allylic oxidation sites excluding steroid dienone is 4. The van der Waals surface area contributed by atoms with Crippen molar-refractivity contribution in [2.24, 2.45) is 0 Å². The molecule has 0 aromatic heterocycles. The van der Waals surface area contributed by atoms with Crippen LogP contribution in [0, 0.1) is 0 Å². The quantitative estimate of drug-likeness (QED) is 0.460. The van der Waals surface area contributed by atoms with Gasteiger partial charge in [-0.3, -0.25) is 4.79 Å². The van der Waals surface area contributed by atoms with Crippen LogP contribution in [0.3, 0.4) is 0 Å². The minimum atomic E-state index is -0.208. The van der Waals surface area contributed by atoms with Crippen molar-refractivity contribution in [3.05, 3.63) is 24.3 Å². The average molecular weight is 355 g/mol. The van der Waals surface area contributed by atoms with Crippen molar-refractivity contribution in [2.45, 2.75) is 25.7 Å². The molecule has 0 bridgehead atoms. The van der Waals surface area contributed by atoms with Gasteiger partial charge in [-0.25, -0.2) is 0 Å². The summed E-state index contributed by atoms with van der Waals surface area (Å²) in [7, 11) is 0. The van der Waals surface area contributed by atoms with Gasteiger partial charge in [0.05, 0.1) is 0 Å². The van der Waals surface area contributed by atoms with Crippen LogP contribution >= 0.6 is 31.9 Å². The van der Waals surface area contributed by atoms with Crippen molar-refractivity contribution in [2.75, 3.05) is 0 Å². The molecule has 0 amide bonds. The molecular formula is C9H12Br2CoO. The number of hydrogen-bond acceptors (Lipinski definition) is 1. The zero-order valence-electron chi connectivity index (χ0n) is 7.14. The molecular weight excluding hydrogens is 343 g/mol. The van der Waals surface area contributed by atoms with Crippen LogP contribution in [0.25, 0.3) is 0 Å². The Morgan fingerprint density at radius 3 is 1.15 bits per heavy atom. The van der Waals surface area contributed by atoms with Gasteiger partial charge < -0.3 is 0 Å². The molecule has 0 aromatic rings. The summed E-state index contributed by atoms with van der Waals surface area (Å²) in [5, 5.41) is 0. The molecule has 1 aliphatic carbocycles. The van der Waals surface area contributed by atoms with E-state index in [1.165, 1.54) is 25.7 Å². The zero-order valence-corrected chi connectivity index (χ0v) is 11.3. The fourth-order valence-electron chi connectivity index (χ4n) is 0.856. The van der Waals surface area contributed by atoms with Gasteiger partial charge in [0, 0.05) is 48.6 Å². The van der Waals surface area contributed by atoms with E-state index in [0.29, 0.717) is 0 Å². The summed E-state index contributed by atoms with van der Waals surface area (Å²) in [4.78, 5) is 9.28. The fourth-order valence-corrected chi connectivity index (χ4v) is 0.856. The third kappa shape index (κ3) is 19.2. The van der Waals surface area contributed by atoms with Crippen LogP contribution in [0.4, 0.5) is 4.79 Å². The average Bonchev–Trinajstić information content (AvgIpc) is 1.82. The summed E-state index contributed by atoms with van der Waals surface area (Å²) in [6.45, 7) is 0. The standard InChI is InChI=1S/C8H12.CBr2O.Co/c1-2-4-6-8-7-5-3-1;2-1(3)4;/h1-2,7-8H,3-6H2;;/b2-1-,8-7?;;. The second-order valence-electron chi connectivity index (χ2n) is 2.32. The minimum absolute atomic E-state index is 0. The van der Waals surface area contributed by atoms with Gasteiger partial charge in [0.25, 0.3) is 3.60 Å². The Kier molecular flexibility index (Phi) is 15.6. The van der Waals surface area contributed by atoms with Gasteiger partial charge in [0.15, 0.2) is 0 Å².